The van der Waals surface area contributed by atoms with E-state index in [1.165, 1.54) is 0 Å². The first-order valence-electron chi connectivity index (χ1n) is 11.3. The molecule has 2 bridgehead atoms. The van der Waals surface area contributed by atoms with Gasteiger partial charge in [-0.05, 0) is 56.6 Å². The molecule has 0 saturated carbocycles. The number of carbonyl (C=O) groups excluding carboxylic acids is 1. The van der Waals surface area contributed by atoms with E-state index in [-0.39, 0.29) is 17.8 Å². The first-order chi connectivity index (χ1) is 15.4. The van der Waals surface area contributed by atoms with Gasteiger partial charge in [0, 0.05) is 18.0 Å². The number of rotatable bonds is 3. The summed E-state index contributed by atoms with van der Waals surface area (Å²) in [6.45, 7) is 2.62. The van der Waals surface area contributed by atoms with Gasteiger partial charge < -0.3 is 24.6 Å². The van der Waals surface area contributed by atoms with Crippen LogP contribution in [0.5, 0.6) is 11.5 Å². The molecule has 6 rings (SSSR count). The minimum Gasteiger partial charge on any atom is -0.504 e. The fourth-order valence-electron chi connectivity index (χ4n) is 6.52. The zero-order valence-corrected chi connectivity index (χ0v) is 18.2. The van der Waals surface area contributed by atoms with E-state index in [1.54, 1.807) is 6.07 Å². The first kappa shape index (κ1) is 19.8. The van der Waals surface area contributed by atoms with Crippen LogP contribution in [-0.2, 0) is 21.4 Å². The van der Waals surface area contributed by atoms with Gasteiger partial charge >= 0.3 is 5.97 Å². The predicted octanol–water partition coefficient (Wildman–Crippen LogP) is 3.02. The van der Waals surface area contributed by atoms with Gasteiger partial charge in [-0.15, -0.1) is 0 Å². The molecule has 2 N–H and O–H groups in total. The molecule has 6 nitrogen and oxygen atoms in total. The van der Waals surface area contributed by atoms with Gasteiger partial charge in [-0.2, -0.15) is 0 Å². The number of esters is 1. The molecule has 1 fully saturated rings. The highest BCUT2D eigenvalue weighted by Gasteiger charge is 2.72. The molecule has 166 valence electrons. The lowest BCUT2D eigenvalue weighted by molar-refractivity contribution is -0.169. The summed E-state index contributed by atoms with van der Waals surface area (Å²) in [5, 5.41) is 22.7. The minimum atomic E-state index is -1.06. The Hall–Kier alpha value is -2.83. The van der Waals surface area contributed by atoms with E-state index in [9.17, 15) is 15.0 Å². The van der Waals surface area contributed by atoms with E-state index in [4.69, 9.17) is 9.47 Å². The molecule has 2 aromatic rings. The van der Waals surface area contributed by atoms with Crippen molar-refractivity contribution in [1.29, 1.82) is 0 Å². The van der Waals surface area contributed by atoms with Crippen LogP contribution in [0.1, 0.15) is 42.4 Å². The lowest BCUT2D eigenvalue weighted by Gasteiger charge is -2.61. The maximum absolute atomic E-state index is 13.1. The van der Waals surface area contributed by atoms with E-state index in [1.807, 2.05) is 56.4 Å². The number of benzene rings is 2. The number of piperidine rings is 1. The lowest BCUT2D eigenvalue weighted by Crippen LogP contribution is -2.74. The summed E-state index contributed by atoms with van der Waals surface area (Å²) >= 11 is 0. The quantitative estimate of drug-likeness (QED) is 0.725. The molecule has 2 aliphatic heterocycles. The van der Waals surface area contributed by atoms with Crippen LogP contribution in [-0.4, -0.2) is 52.4 Å². The Kier molecular flexibility index (Phi) is 4.08. The molecule has 1 spiro atoms. The number of ether oxygens (including phenoxy) is 2. The van der Waals surface area contributed by atoms with Crippen molar-refractivity contribution < 1.29 is 24.5 Å². The molecule has 2 aromatic carbocycles. The number of likely N-dealkylation sites (tertiary alicyclic amines) is 1. The maximum atomic E-state index is 13.1. The van der Waals surface area contributed by atoms with Crippen molar-refractivity contribution >= 4 is 5.97 Å². The van der Waals surface area contributed by atoms with Gasteiger partial charge in [-0.25, -0.2) is 0 Å². The molecule has 2 unspecified atom stereocenters. The van der Waals surface area contributed by atoms with Crippen LogP contribution in [0.25, 0.3) is 0 Å². The maximum Gasteiger partial charge on any atom is 0.318 e. The Morgan fingerprint density at radius 3 is 2.81 bits per heavy atom. The number of hydrogen-bond acceptors (Lipinski definition) is 6. The number of likely N-dealkylation sites (N-methyl/N-ethyl adjacent to an activating group) is 1. The summed E-state index contributed by atoms with van der Waals surface area (Å²) in [4.78, 5) is 15.3. The van der Waals surface area contributed by atoms with Crippen molar-refractivity contribution in [3.05, 3.63) is 71.0 Å². The summed E-state index contributed by atoms with van der Waals surface area (Å²) in [6.07, 6.45) is 2.90. The fraction of sp³-hybridized carbons (Fsp3) is 0.423. The van der Waals surface area contributed by atoms with Crippen molar-refractivity contribution in [3.8, 4) is 11.5 Å². The lowest BCUT2D eigenvalue weighted by atomic mass is 9.50. The third-order valence-electron chi connectivity index (χ3n) is 8.22. The largest absolute Gasteiger partial charge is 0.504 e. The average Bonchev–Trinajstić information content (AvgIpc) is 3.16. The summed E-state index contributed by atoms with van der Waals surface area (Å²) in [5.41, 5.74) is 1.07. The van der Waals surface area contributed by atoms with Crippen LogP contribution in [0, 0.1) is 0 Å². The Bertz CT molecular complexity index is 1140. The van der Waals surface area contributed by atoms with Gasteiger partial charge in [-0.1, -0.05) is 36.4 Å². The second-order valence-electron chi connectivity index (χ2n) is 9.66. The van der Waals surface area contributed by atoms with E-state index >= 15 is 0 Å². The Balaban J connectivity index is 1.43. The standard InChI is InChI=1S/C26H27NO5/c1-15(16-6-4-3-5-7-16)24(29)31-19-10-11-26(30)20-14-17-8-9-18(28)22-21(17)25(26,23(19)32-22)12-13-27(20)2/h3-10,15,20,23,28,30H,11-14H2,1-2H3/t15-,20+,23?,25?,26+/m0/s1. The monoisotopic (exact) mass is 433 g/mol. The van der Waals surface area contributed by atoms with Gasteiger partial charge in [0.25, 0.3) is 0 Å². The van der Waals surface area contributed by atoms with Crippen LogP contribution < -0.4 is 4.74 Å². The third kappa shape index (κ3) is 2.34. The van der Waals surface area contributed by atoms with Gasteiger partial charge in [0.15, 0.2) is 17.6 Å². The molecule has 2 heterocycles. The molecule has 4 aliphatic rings. The number of phenols is 1. The third-order valence-corrected chi connectivity index (χ3v) is 8.22. The molecule has 0 aromatic heterocycles. The number of nitrogens with zero attached hydrogens (tertiary/aromatic N) is 1. The van der Waals surface area contributed by atoms with E-state index in [2.05, 4.69) is 4.90 Å². The van der Waals surface area contributed by atoms with Crippen LogP contribution in [0.15, 0.2) is 54.3 Å². The summed E-state index contributed by atoms with van der Waals surface area (Å²) in [5.74, 6) is 0.145. The Morgan fingerprint density at radius 2 is 2.03 bits per heavy atom. The van der Waals surface area contributed by atoms with Crippen LogP contribution in [0.4, 0.5) is 0 Å². The van der Waals surface area contributed by atoms with Crippen molar-refractivity contribution in [1.82, 2.24) is 4.90 Å². The molecule has 0 radical (unpaired) electrons. The van der Waals surface area contributed by atoms with Crippen LogP contribution >= 0.6 is 0 Å². The van der Waals surface area contributed by atoms with Gasteiger partial charge in [0.05, 0.1) is 16.9 Å². The van der Waals surface area contributed by atoms with E-state index < -0.39 is 23.0 Å². The predicted molar refractivity (Wildman–Crippen MR) is 118 cm³/mol. The SMILES string of the molecule is C[C@H](C(=O)OC1=CC[C@@]2(O)[C@H]3Cc4ccc(O)c5c4C2(CCN3C)C1O5)c1ccccc1. The van der Waals surface area contributed by atoms with E-state index in [0.717, 1.165) is 23.2 Å². The molecule has 1 saturated heterocycles. The van der Waals surface area contributed by atoms with Crippen molar-refractivity contribution in [3.63, 3.8) is 0 Å². The highest BCUT2D eigenvalue weighted by Crippen LogP contribution is 2.65. The average molecular weight is 434 g/mol. The fourth-order valence-corrected chi connectivity index (χ4v) is 6.52. The Labute approximate surface area is 187 Å². The molecular weight excluding hydrogens is 406 g/mol. The number of hydrogen-bond donors (Lipinski definition) is 2. The number of aromatic hydroxyl groups is 1. The van der Waals surface area contributed by atoms with Gasteiger partial charge in [0.1, 0.15) is 5.76 Å². The minimum absolute atomic E-state index is 0.0654. The second kappa shape index (κ2) is 6.59. The molecule has 0 amide bonds. The van der Waals surface area contributed by atoms with Gasteiger partial charge in [-0.3, -0.25) is 4.79 Å². The van der Waals surface area contributed by atoms with Gasteiger partial charge in [0.2, 0.25) is 0 Å². The van der Waals surface area contributed by atoms with Crippen molar-refractivity contribution in [2.45, 2.75) is 55.3 Å². The molecule has 5 atom stereocenters. The van der Waals surface area contributed by atoms with Crippen LogP contribution in [0.2, 0.25) is 0 Å². The Morgan fingerprint density at radius 1 is 1.25 bits per heavy atom. The normalized spacial score (nSPS) is 33.0. The zero-order valence-electron chi connectivity index (χ0n) is 18.2. The van der Waals surface area contributed by atoms with Crippen molar-refractivity contribution in [2.24, 2.45) is 0 Å². The first-order valence-corrected chi connectivity index (χ1v) is 11.3. The number of carbonyl (C=O) groups is 1. The second-order valence-corrected chi connectivity index (χ2v) is 9.66. The number of aliphatic hydroxyl groups is 1. The van der Waals surface area contributed by atoms with E-state index in [0.29, 0.717) is 30.8 Å². The van der Waals surface area contributed by atoms with Crippen LogP contribution in [0.3, 0.4) is 0 Å². The zero-order chi connectivity index (χ0) is 22.3. The summed E-state index contributed by atoms with van der Waals surface area (Å²) < 4.78 is 12.3. The highest BCUT2D eigenvalue weighted by molar-refractivity contribution is 5.79. The summed E-state index contributed by atoms with van der Waals surface area (Å²) in [7, 11) is 2.05. The topological polar surface area (TPSA) is 79.2 Å². The summed E-state index contributed by atoms with van der Waals surface area (Å²) in [6, 6.07) is 13.1. The highest BCUT2D eigenvalue weighted by atomic mass is 16.6. The molecule has 2 aliphatic carbocycles. The smallest absolute Gasteiger partial charge is 0.318 e. The molecule has 32 heavy (non-hydrogen) atoms. The molecular formula is C26H27NO5. The van der Waals surface area contributed by atoms with Crippen molar-refractivity contribution in [2.75, 3.05) is 13.6 Å². The molecule has 6 heteroatoms. The number of phenolic OH excluding ortho intramolecular Hbond substituents is 1.